The molecule has 1 N–H and O–H groups in total. The van der Waals surface area contributed by atoms with Crippen LogP contribution < -0.4 is 10.1 Å². The van der Waals surface area contributed by atoms with E-state index in [1.54, 1.807) is 36.4 Å². The van der Waals surface area contributed by atoms with E-state index in [2.05, 4.69) is 21.2 Å². The Balaban J connectivity index is 1.77. The summed E-state index contributed by atoms with van der Waals surface area (Å²) in [4.78, 5) is 12.9. The van der Waals surface area contributed by atoms with Gasteiger partial charge in [-0.15, -0.1) is 0 Å². The van der Waals surface area contributed by atoms with E-state index in [0.717, 1.165) is 16.3 Å². The van der Waals surface area contributed by atoms with Crippen LogP contribution in [0, 0.1) is 0 Å². The van der Waals surface area contributed by atoms with Crippen molar-refractivity contribution in [2.75, 3.05) is 11.6 Å². The smallest absolute Gasteiger partial charge is 0.259 e. The predicted molar refractivity (Wildman–Crippen MR) is 112 cm³/mol. The second kappa shape index (κ2) is 8.58. The first-order valence-electron chi connectivity index (χ1n) is 8.41. The van der Waals surface area contributed by atoms with Crippen LogP contribution in [-0.2, 0) is 16.4 Å². The maximum atomic E-state index is 12.7. The van der Waals surface area contributed by atoms with E-state index in [4.69, 9.17) is 4.74 Å². The van der Waals surface area contributed by atoms with E-state index in [1.807, 2.05) is 24.3 Å². The van der Waals surface area contributed by atoms with Crippen molar-refractivity contribution < 1.29 is 17.9 Å². The number of para-hydroxylation sites is 1. The Bertz CT molecular complexity index is 1110. The average Bonchev–Trinajstić information content (AvgIpc) is 2.66. The molecule has 1 amide bonds. The number of ether oxygens (including phenoxy) is 1. The Hall–Kier alpha value is -2.64. The van der Waals surface area contributed by atoms with Crippen molar-refractivity contribution >= 4 is 37.4 Å². The van der Waals surface area contributed by atoms with Gasteiger partial charge in [-0.05, 0) is 48.0 Å². The fourth-order valence-corrected chi connectivity index (χ4v) is 3.68. The number of nitrogens with one attached hydrogen (secondary N) is 1. The molecule has 0 saturated heterocycles. The molecule has 0 fully saturated rings. The second-order valence-corrected chi connectivity index (χ2v) is 9.10. The third-order valence-electron chi connectivity index (χ3n) is 3.94. The lowest BCUT2D eigenvalue weighted by molar-refractivity contribution is 0.102. The molecule has 5 nitrogen and oxygen atoms in total. The van der Waals surface area contributed by atoms with Crippen molar-refractivity contribution in [3.05, 3.63) is 88.4 Å². The normalized spacial score (nSPS) is 11.1. The highest BCUT2D eigenvalue weighted by Gasteiger charge is 2.14. The van der Waals surface area contributed by atoms with Gasteiger partial charge in [0.05, 0.1) is 10.5 Å². The Labute approximate surface area is 172 Å². The second-order valence-electron chi connectivity index (χ2n) is 6.17. The van der Waals surface area contributed by atoms with E-state index >= 15 is 0 Å². The van der Waals surface area contributed by atoms with E-state index in [9.17, 15) is 13.2 Å². The van der Waals surface area contributed by atoms with Crippen LogP contribution in [0.15, 0.2) is 82.2 Å². The Morgan fingerprint density at radius 2 is 1.75 bits per heavy atom. The molecular formula is C21H18BrNO4S. The summed E-state index contributed by atoms with van der Waals surface area (Å²) < 4.78 is 30.2. The zero-order valence-corrected chi connectivity index (χ0v) is 17.5. The lowest BCUT2D eigenvalue weighted by Crippen LogP contribution is -2.14. The van der Waals surface area contributed by atoms with Gasteiger partial charge >= 0.3 is 0 Å². The molecule has 0 heterocycles. The topological polar surface area (TPSA) is 72.5 Å². The number of rotatable bonds is 6. The van der Waals surface area contributed by atoms with Gasteiger partial charge in [-0.3, -0.25) is 4.79 Å². The van der Waals surface area contributed by atoms with Gasteiger partial charge in [0.25, 0.3) is 5.91 Å². The first kappa shape index (κ1) is 20.1. The number of halogens is 1. The molecule has 28 heavy (non-hydrogen) atoms. The summed E-state index contributed by atoms with van der Waals surface area (Å²) in [5, 5.41) is 2.73. The van der Waals surface area contributed by atoms with Crippen molar-refractivity contribution in [3.8, 4) is 5.75 Å². The SMILES string of the molecule is CS(=O)(=O)c1cccc(NC(=O)c2ccccc2OCc2cccc(Br)c2)c1. The van der Waals surface area contributed by atoms with Gasteiger partial charge < -0.3 is 10.1 Å². The van der Waals surface area contributed by atoms with Gasteiger partial charge in [0.2, 0.25) is 0 Å². The van der Waals surface area contributed by atoms with Crippen LogP contribution in [0.4, 0.5) is 5.69 Å². The number of hydrogen-bond donors (Lipinski definition) is 1. The maximum Gasteiger partial charge on any atom is 0.259 e. The van der Waals surface area contributed by atoms with Crippen LogP contribution in [0.5, 0.6) is 5.75 Å². The standard InChI is InChI=1S/C21H18BrNO4S/c1-28(25,26)18-9-5-8-17(13-18)23-21(24)19-10-2-3-11-20(19)27-14-15-6-4-7-16(22)12-15/h2-13H,14H2,1H3,(H,23,24). The van der Waals surface area contributed by atoms with Gasteiger partial charge in [-0.25, -0.2) is 8.42 Å². The van der Waals surface area contributed by atoms with Gasteiger partial charge in [0.1, 0.15) is 12.4 Å². The molecule has 0 unspecified atom stereocenters. The fourth-order valence-electron chi connectivity index (χ4n) is 2.57. The Morgan fingerprint density at radius 1 is 1.00 bits per heavy atom. The molecule has 0 spiro atoms. The van der Waals surface area contributed by atoms with Crippen LogP contribution in [-0.4, -0.2) is 20.6 Å². The van der Waals surface area contributed by atoms with Crippen LogP contribution in [0.3, 0.4) is 0 Å². The van der Waals surface area contributed by atoms with Gasteiger partial charge in [-0.2, -0.15) is 0 Å². The Morgan fingerprint density at radius 3 is 2.50 bits per heavy atom. The number of anilines is 1. The number of carbonyl (C=O) groups is 1. The molecular weight excluding hydrogens is 442 g/mol. The van der Waals surface area contributed by atoms with Crippen LogP contribution in [0.25, 0.3) is 0 Å². The zero-order valence-electron chi connectivity index (χ0n) is 15.1. The van der Waals surface area contributed by atoms with Gasteiger partial charge in [-0.1, -0.05) is 46.3 Å². The molecule has 0 radical (unpaired) electrons. The lowest BCUT2D eigenvalue weighted by atomic mass is 10.1. The third-order valence-corrected chi connectivity index (χ3v) is 5.54. The quantitative estimate of drug-likeness (QED) is 0.580. The minimum absolute atomic E-state index is 0.143. The first-order valence-corrected chi connectivity index (χ1v) is 11.1. The monoisotopic (exact) mass is 459 g/mol. The van der Waals surface area contributed by atoms with Crippen LogP contribution in [0.2, 0.25) is 0 Å². The molecule has 7 heteroatoms. The highest BCUT2D eigenvalue weighted by molar-refractivity contribution is 9.10. The molecule has 0 aliphatic carbocycles. The molecule has 0 atom stereocenters. The number of sulfone groups is 1. The fraction of sp³-hybridized carbons (Fsp3) is 0.0952. The highest BCUT2D eigenvalue weighted by Crippen LogP contribution is 2.23. The number of amides is 1. The Kier molecular flexibility index (Phi) is 6.16. The summed E-state index contributed by atoms with van der Waals surface area (Å²) in [7, 11) is -3.36. The summed E-state index contributed by atoms with van der Waals surface area (Å²) >= 11 is 3.42. The summed E-state index contributed by atoms with van der Waals surface area (Å²) in [5.41, 5.74) is 1.72. The summed E-state index contributed by atoms with van der Waals surface area (Å²) in [6.07, 6.45) is 1.12. The summed E-state index contributed by atoms with van der Waals surface area (Å²) in [5.74, 6) is 0.0646. The van der Waals surface area contributed by atoms with Crippen molar-refractivity contribution in [2.24, 2.45) is 0 Å². The number of benzene rings is 3. The number of hydrogen-bond acceptors (Lipinski definition) is 4. The van der Waals surface area contributed by atoms with Crippen molar-refractivity contribution in [1.29, 1.82) is 0 Å². The first-order chi connectivity index (χ1) is 13.3. The zero-order chi connectivity index (χ0) is 20.1. The third kappa shape index (κ3) is 5.21. The van der Waals surface area contributed by atoms with Crippen molar-refractivity contribution in [3.63, 3.8) is 0 Å². The van der Waals surface area contributed by atoms with Gasteiger partial charge in [0, 0.05) is 16.4 Å². The highest BCUT2D eigenvalue weighted by atomic mass is 79.9. The van der Waals surface area contributed by atoms with Crippen molar-refractivity contribution in [2.45, 2.75) is 11.5 Å². The minimum Gasteiger partial charge on any atom is -0.488 e. The van der Waals surface area contributed by atoms with Crippen LogP contribution >= 0.6 is 15.9 Å². The molecule has 3 rings (SSSR count). The molecule has 3 aromatic rings. The van der Waals surface area contributed by atoms with Crippen molar-refractivity contribution in [1.82, 2.24) is 0 Å². The lowest BCUT2D eigenvalue weighted by Gasteiger charge is -2.12. The van der Waals surface area contributed by atoms with E-state index in [1.165, 1.54) is 12.1 Å². The number of carbonyl (C=O) groups excluding carboxylic acids is 1. The molecule has 0 aliphatic heterocycles. The maximum absolute atomic E-state index is 12.7. The van der Waals surface area contributed by atoms with E-state index < -0.39 is 9.84 Å². The molecule has 0 aliphatic rings. The predicted octanol–water partition coefficient (Wildman–Crippen LogP) is 4.68. The summed E-state index contributed by atoms with van der Waals surface area (Å²) in [6, 6.07) is 20.8. The molecule has 0 saturated carbocycles. The minimum atomic E-state index is -3.36. The van der Waals surface area contributed by atoms with Gasteiger partial charge in [0.15, 0.2) is 9.84 Å². The molecule has 144 valence electrons. The van der Waals surface area contributed by atoms with E-state index in [0.29, 0.717) is 23.6 Å². The molecule has 0 aromatic heterocycles. The molecule has 3 aromatic carbocycles. The van der Waals surface area contributed by atoms with E-state index in [-0.39, 0.29) is 10.8 Å². The average molecular weight is 460 g/mol. The molecule has 0 bridgehead atoms. The largest absolute Gasteiger partial charge is 0.488 e. The van der Waals surface area contributed by atoms with Crippen LogP contribution in [0.1, 0.15) is 15.9 Å². The summed E-state index contributed by atoms with van der Waals surface area (Å²) in [6.45, 7) is 0.313.